The molecule has 0 spiro atoms. The molecule has 14 heavy (non-hydrogen) atoms. The molecule has 4 heteroatoms. The van der Waals surface area contributed by atoms with Crippen LogP contribution in [0.5, 0.6) is 0 Å². The van der Waals surface area contributed by atoms with Gasteiger partial charge in [-0.05, 0) is 24.9 Å². The number of anilines is 1. The fraction of sp³-hybridized carbons (Fsp3) is 0.700. The lowest BCUT2D eigenvalue weighted by Gasteiger charge is -2.15. The van der Waals surface area contributed by atoms with E-state index in [0.717, 1.165) is 37.3 Å². The molecule has 0 amide bonds. The Kier molecular flexibility index (Phi) is 2.72. The van der Waals surface area contributed by atoms with Crippen LogP contribution in [0.15, 0.2) is 12.3 Å². The van der Waals surface area contributed by atoms with E-state index >= 15 is 0 Å². The molecule has 1 saturated heterocycles. The highest BCUT2D eigenvalue weighted by Crippen LogP contribution is 2.16. The summed E-state index contributed by atoms with van der Waals surface area (Å²) in [5.74, 6) is 2.62. The van der Waals surface area contributed by atoms with Gasteiger partial charge in [-0.25, -0.2) is 0 Å². The molecule has 1 fully saturated rings. The molecule has 78 valence electrons. The number of aryl methyl sites for hydroxylation is 1. The van der Waals surface area contributed by atoms with Gasteiger partial charge in [-0.1, -0.05) is 6.92 Å². The minimum absolute atomic E-state index is 0.741. The average Bonchev–Trinajstić information content (AvgIpc) is 2.72. The Morgan fingerprint density at radius 2 is 2.50 bits per heavy atom. The van der Waals surface area contributed by atoms with Gasteiger partial charge in [0, 0.05) is 19.7 Å². The van der Waals surface area contributed by atoms with Crippen LogP contribution >= 0.6 is 0 Å². The second-order valence-electron chi connectivity index (χ2n) is 4.12. The third-order valence-corrected chi connectivity index (χ3v) is 3.04. The zero-order valence-electron chi connectivity index (χ0n) is 8.83. The summed E-state index contributed by atoms with van der Waals surface area (Å²) >= 11 is 0. The van der Waals surface area contributed by atoms with Crippen molar-refractivity contribution in [2.75, 3.05) is 25.0 Å². The van der Waals surface area contributed by atoms with Crippen molar-refractivity contribution in [1.82, 2.24) is 15.1 Å². The molecule has 1 aliphatic heterocycles. The van der Waals surface area contributed by atoms with E-state index < -0.39 is 0 Å². The first-order chi connectivity index (χ1) is 6.77. The van der Waals surface area contributed by atoms with Gasteiger partial charge in [0.1, 0.15) is 5.82 Å². The summed E-state index contributed by atoms with van der Waals surface area (Å²) < 4.78 is 1.87. The minimum Gasteiger partial charge on any atom is -0.370 e. The number of aromatic nitrogens is 2. The monoisotopic (exact) mass is 194 g/mol. The maximum absolute atomic E-state index is 4.12. The standard InChI is InChI=1S/C10H18N4/c1-8-5-11-6-9(8)7-12-10-3-4-13-14(10)2/h3-4,8-9,11-12H,5-7H2,1-2H3/t8-,9+/m1/s1. The first-order valence-corrected chi connectivity index (χ1v) is 5.20. The molecule has 0 aromatic carbocycles. The molecule has 2 atom stereocenters. The molecule has 0 saturated carbocycles. The van der Waals surface area contributed by atoms with E-state index in [1.807, 2.05) is 24.0 Å². The first kappa shape index (κ1) is 9.52. The normalized spacial score (nSPS) is 26.7. The van der Waals surface area contributed by atoms with Crippen molar-refractivity contribution in [3.05, 3.63) is 12.3 Å². The maximum atomic E-state index is 4.12. The third-order valence-electron chi connectivity index (χ3n) is 3.04. The molecular formula is C10H18N4. The average molecular weight is 194 g/mol. The molecule has 1 aromatic rings. The minimum atomic E-state index is 0.741. The van der Waals surface area contributed by atoms with E-state index in [1.165, 1.54) is 0 Å². The lowest BCUT2D eigenvalue weighted by molar-refractivity contribution is 0.473. The summed E-state index contributed by atoms with van der Waals surface area (Å²) in [5, 5.41) is 10.9. The highest BCUT2D eigenvalue weighted by molar-refractivity contribution is 5.33. The number of nitrogens with one attached hydrogen (secondary N) is 2. The number of rotatable bonds is 3. The van der Waals surface area contributed by atoms with E-state index in [2.05, 4.69) is 22.7 Å². The molecule has 1 aromatic heterocycles. The van der Waals surface area contributed by atoms with Gasteiger partial charge in [0.05, 0.1) is 6.20 Å². The lowest BCUT2D eigenvalue weighted by Crippen LogP contribution is -2.21. The van der Waals surface area contributed by atoms with Gasteiger partial charge in [-0.2, -0.15) is 5.10 Å². The van der Waals surface area contributed by atoms with Gasteiger partial charge in [-0.15, -0.1) is 0 Å². The van der Waals surface area contributed by atoms with E-state index in [1.54, 1.807) is 0 Å². The number of nitrogens with zero attached hydrogens (tertiary/aromatic N) is 2. The van der Waals surface area contributed by atoms with Crippen LogP contribution < -0.4 is 10.6 Å². The SMILES string of the molecule is C[C@@H]1CNC[C@H]1CNc1ccnn1C. The first-order valence-electron chi connectivity index (χ1n) is 5.20. The zero-order chi connectivity index (χ0) is 9.97. The Bertz CT molecular complexity index is 294. The van der Waals surface area contributed by atoms with Crippen molar-refractivity contribution in [3.63, 3.8) is 0 Å². The van der Waals surface area contributed by atoms with Gasteiger partial charge < -0.3 is 10.6 Å². The van der Waals surface area contributed by atoms with E-state index in [9.17, 15) is 0 Å². The molecule has 2 heterocycles. The second-order valence-corrected chi connectivity index (χ2v) is 4.12. The predicted octanol–water partition coefficient (Wildman–Crippen LogP) is 0.687. The number of hydrogen-bond donors (Lipinski definition) is 2. The summed E-state index contributed by atoms with van der Waals surface area (Å²) in [6, 6.07) is 2.01. The Balaban J connectivity index is 1.85. The Morgan fingerprint density at radius 1 is 1.64 bits per heavy atom. The molecule has 2 rings (SSSR count). The highest BCUT2D eigenvalue weighted by atomic mass is 15.3. The topological polar surface area (TPSA) is 41.9 Å². The summed E-state index contributed by atoms with van der Waals surface area (Å²) in [6.07, 6.45) is 1.82. The fourth-order valence-corrected chi connectivity index (χ4v) is 1.92. The quantitative estimate of drug-likeness (QED) is 0.744. The zero-order valence-corrected chi connectivity index (χ0v) is 8.83. The summed E-state index contributed by atoms with van der Waals surface area (Å²) in [6.45, 7) is 5.62. The van der Waals surface area contributed by atoms with Crippen LogP contribution in [0.4, 0.5) is 5.82 Å². The van der Waals surface area contributed by atoms with Crippen molar-refractivity contribution in [2.45, 2.75) is 6.92 Å². The van der Waals surface area contributed by atoms with E-state index in [0.29, 0.717) is 0 Å². The van der Waals surface area contributed by atoms with E-state index in [-0.39, 0.29) is 0 Å². The fourth-order valence-electron chi connectivity index (χ4n) is 1.92. The molecule has 0 bridgehead atoms. The molecular weight excluding hydrogens is 176 g/mol. The molecule has 1 aliphatic rings. The Morgan fingerprint density at radius 3 is 3.07 bits per heavy atom. The van der Waals surface area contributed by atoms with Crippen LogP contribution in [0.25, 0.3) is 0 Å². The van der Waals surface area contributed by atoms with Gasteiger partial charge >= 0.3 is 0 Å². The maximum Gasteiger partial charge on any atom is 0.123 e. The predicted molar refractivity (Wildman–Crippen MR) is 57.2 cm³/mol. The molecule has 2 N–H and O–H groups in total. The van der Waals surface area contributed by atoms with Crippen molar-refractivity contribution in [3.8, 4) is 0 Å². The summed E-state index contributed by atoms with van der Waals surface area (Å²) in [5.41, 5.74) is 0. The number of hydrogen-bond acceptors (Lipinski definition) is 3. The van der Waals surface area contributed by atoms with E-state index in [4.69, 9.17) is 0 Å². The van der Waals surface area contributed by atoms with Crippen LogP contribution in [0.1, 0.15) is 6.92 Å². The molecule has 0 radical (unpaired) electrons. The van der Waals surface area contributed by atoms with Crippen LogP contribution in [-0.2, 0) is 7.05 Å². The third kappa shape index (κ3) is 1.90. The van der Waals surface area contributed by atoms with Crippen molar-refractivity contribution >= 4 is 5.82 Å². The Labute approximate surface area is 84.7 Å². The van der Waals surface area contributed by atoms with Gasteiger partial charge in [0.25, 0.3) is 0 Å². The summed E-state index contributed by atoms with van der Waals surface area (Å²) in [7, 11) is 1.96. The second kappa shape index (κ2) is 4.00. The van der Waals surface area contributed by atoms with Crippen LogP contribution in [0.2, 0.25) is 0 Å². The van der Waals surface area contributed by atoms with Crippen molar-refractivity contribution < 1.29 is 0 Å². The molecule has 0 aliphatic carbocycles. The molecule has 0 unspecified atom stereocenters. The van der Waals surface area contributed by atoms with Crippen molar-refractivity contribution in [2.24, 2.45) is 18.9 Å². The Hall–Kier alpha value is -1.03. The van der Waals surface area contributed by atoms with Crippen LogP contribution in [-0.4, -0.2) is 29.4 Å². The largest absolute Gasteiger partial charge is 0.370 e. The van der Waals surface area contributed by atoms with Gasteiger partial charge in [0.2, 0.25) is 0 Å². The lowest BCUT2D eigenvalue weighted by atomic mass is 9.98. The smallest absolute Gasteiger partial charge is 0.123 e. The van der Waals surface area contributed by atoms with Crippen molar-refractivity contribution in [1.29, 1.82) is 0 Å². The summed E-state index contributed by atoms with van der Waals surface area (Å²) in [4.78, 5) is 0. The molecule has 4 nitrogen and oxygen atoms in total. The van der Waals surface area contributed by atoms with Crippen LogP contribution in [0, 0.1) is 11.8 Å². The van der Waals surface area contributed by atoms with Gasteiger partial charge in [-0.3, -0.25) is 4.68 Å². The highest BCUT2D eigenvalue weighted by Gasteiger charge is 2.22. The van der Waals surface area contributed by atoms with Gasteiger partial charge in [0.15, 0.2) is 0 Å². The van der Waals surface area contributed by atoms with Crippen LogP contribution in [0.3, 0.4) is 0 Å².